The SMILES string of the molecule is CCOC(=O)C1(NC(=O)Nc2ccccc2)CC1(C)C. The van der Waals surface area contributed by atoms with Crippen LogP contribution in [0.4, 0.5) is 10.5 Å². The summed E-state index contributed by atoms with van der Waals surface area (Å²) in [5.41, 5.74) is -0.516. The number of hydrogen-bond donors (Lipinski definition) is 2. The maximum atomic E-state index is 12.1. The van der Waals surface area contributed by atoms with Crippen molar-refractivity contribution in [2.24, 2.45) is 5.41 Å². The van der Waals surface area contributed by atoms with Gasteiger partial charge in [0.25, 0.3) is 0 Å². The molecule has 0 aromatic heterocycles. The first-order valence-corrected chi connectivity index (χ1v) is 6.73. The fourth-order valence-corrected chi connectivity index (χ4v) is 2.36. The van der Waals surface area contributed by atoms with Crippen molar-refractivity contribution in [2.75, 3.05) is 11.9 Å². The molecule has 0 heterocycles. The number of carbonyl (C=O) groups excluding carboxylic acids is 2. The van der Waals surface area contributed by atoms with Crippen LogP contribution in [0.5, 0.6) is 0 Å². The number of nitrogens with one attached hydrogen (secondary N) is 2. The maximum Gasteiger partial charge on any atom is 0.332 e. The number of para-hydroxylation sites is 1. The van der Waals surface area contributed by atoms with E-state index in [9.17, 15) is 9.59 Å². The molecular weight excluding hydrogens is 256 g/mol. The van der Waals surface area contributed by atoms with Crippen LogP contribution in [0.15, 0.2) is 30.3 Å². The van der Waals surface area contributed by atoms with Gasteiger partial charge in [-0.05, 0) is 25.5 Å². The molecule has 0 radical (unpaired) electrons. The van der Waals surface area contributed by atoms with E-state index >= 15 is 0 Å². The monoisotopic (exact) mass is 276 g/mol. The summed E-state index contributed by atoms with van der Waals surface area (Å²) in [7, 11) is 0. The molecule has 0 bridgehead atoms. The van der Waals surface area contributed by atoms with Crippen molar-refractivity contribution in [2.45, 2.75) is 32.7 Å². The van der Waals surface area contributed by atoms with Crippen LogP contribution < -0.4 is 10.6 Å². The molecule has 0 spiro atoms. The lowest BCUT2D eigenvalue weighted by atomic mass is 10.1. The zero-order chi connectivity index (χ0) is 14.8. The Kier molecular flexibility index (Phi) is 3.70. The molecule has 1 saturated carbocycles. The average molecular weight is 276 g/mol. The zero-order valence-electron chi connectivity index (χ0n) is 12.0. The molecule has 2 N–H and O–H groups in total. The highest BCUT2D eigenvalue weighted by molar-refractivity contribution is 5.96. The summed E-state index contributed by atoms with van der Waals surface area (Å²) in [6.45, 7) is 5.93. The predicted molar refractivity (Wildman–Crippen MR) is 76.4 cm³/mol. The Morgan fingerprint density at radius 1 is 1.25 bits per heavy atom. The maximum absolute atomic E-state index is 12.1. The first kappa shape index (κ1) is 14.4. The molecule has 108 valence electrons. The number of rotatable bonds is 4. The number of benzene rings is 1. The standard InChI is InChI=1S/C15H20N2O3/c1-4-20-12(18)15(10-14(15,2)3)17-13(19)16-11-8-6-5-7-9-11/h5-9H,4,10H2,1-3H3,(H2,16,17,19). The molecule has 1 unspecified atom stereocenters. The lowest BCUT2D eigenvalue weighted by Crippen LogP contribution is -2.49. The molecule has 1 fully saturated rings. The van der Waals surface area contributed by atoms with Gasteiger partial charge in [0.15, 0.2) is 0 Å². The number of ether oxygens (including phenoxy) is 1. The van der Waals surface area contributed by atoms with Gasteiger partial charge in [0, 0.05) is 11.1 Å². The quantitative estimate of drug-likeness (QED) is 0.830. The first-order chi connectivity index (χ1) is 9.41. The van der Waals surface area contributed by atoms with Crippen molar-refractivity contribution in [1.29, 1.82) is 0 Å². The molecule has 2 amide bonds. The van der Waals surface area contributed by atoms with Crippen LogP contribution in [0.3, 0.4) is 0 Å². The van der Waals surface area contributed by atoms with Gasteiger partial charge in [0.2, 0.25) is 0 Å². The largest absolute Gasteiger partial charge is 0.464 e. The molecule has 1 aliphatic rings. The van der Waals surface area contributed by atoms with E-state index in [1.807, 2.05) is 32.0 Å². The molecule has 5 nitrogen and oxygen atoms in total. The minimum atomic E-state index is -0.915. The van der Waals surface area contributed by atoms with Gasteiger partial charge in [-0.2, -0.15) is 0 Å². The van der Waals surface area contributed by atoms with E-state index in [1.54, 1.807) is 19.1 Å². The molecule has 0 aliphatic heterocycles. The highest BCUT2D eigenvalue weighted by Gasteiger charge is 2.68. The summed E-state index contributed by atoms with van der Waals surface area (Å²) in [4.78, 5) is 24.1. The smallest absolute Gasteiger partial charge is 0.332 e. The van der Waals surface area contributed by atoms with Gasteiger partial charge in [0.05, 0.1) is 6.61 Å². The second-order valence-corrected chi connectivity index (χ2v) is 5.63. The highest BCUT2D eigenvalue weighted by atomic mass is 16.5. The number of amides is 2. The van der Waals surface area contributed by atoms with Crippen LogP contribution in [-0.2, 0) is 9.53 Å². The highest BCUT2D eigenvalue weighted by Crippen LogP contribution is 2.56. The van der Waals surface area contributed by atoms with Crippen molar-refractivity contribution in [3.05, 3.63) is 30.3 Å². The van der Waals surface area contributed by atoms with E-state index < -0.39 is 11.6 Å². The van der Waals surface area contributed by atoms with Gasteiger partial charge in [-0.15, -0.1) is 0 Å². The predicted octanol–water partition coefficient (Wildman–Crippen LogP) is 2.54. The Bertz CT molecular complexity index is 513. The molecule has 20 heavy (non-hydrogen) atoms. The zero-order valence-corrected chi connectivity index (χ0v) is 12.0. The molecule has 1 aliphatic carbocycles. The third-order valence-corrected chi connectivity index (χ3v) is 3.72. The topological polar surface area (TPSA) is 67.4 Å². The minimum Gasteiger partial charge on any atom is -0.464 e. The summed E-state index contributed by atoms with van der Waals surface area (Å²) in [5, 5.41) is 5.48. The number of urea groups is 1. The third kappa shape index (κ3) is 2.61. The van der Waals surface area contributed by atoms with E-state index in [4.69, 9.17) is 4.74 Å². The Hall–Kier alpha value is -2.04. The lowest BCUT2D eigenvalue weighted by Gasteiger charge is -2.20. The van der Waals surface area contributed by atoms with Gasteiger partial charge in [-0.25, -0.2) is 9.59 Å². The molecule has 1 aromatic rings. The van der Waals surface area contributed by atoms with Crippen molar-refractivity contribution >= 4 is 17.7 Å². The molecule has 5 heteroatoms. The summed E-state index contributed by atoms with van der Waals surface area (Å²) in [6, 6.07) is 8.71. The fourth-order valence-electron chi connectivity index (χ4n) is 2.36. The lowest BCUT2D eigenvalue weighted by molar-refractivity contribution is -0.147. The Morgan fingerprint density at radius 3 is 2.35 bits per heavy atom. The normalized spacial score (nSPS) is 22.8. The molecular formula is C15H20N2O3. The molecule has 1 atom stereocenters. The van der Waals surface area contributed by atoms with Crippen molar-refractivity contribution in [1.82, 2.24) is 5.32 Å². The van der Waals surface area contributed by atoms with Crippen molar-refractivity contribution in [3.63, 3.8) is 0 Å². The van der Waals surface area contributed by atoms with Gasteiger partial charge < -0.3 is 15.4 Å². The van der Waals surface area contributed by atoms with Crippen LogP contribution >= 0.6 is 0 Å². The van der Waals surface area contributed by atoms with Gasteiger partial charge >= 0.3 is 12.0 Å². The van der Waals surface area contributed by atoms with Crippen LogP contribution in [-0.4, -0.2) is 24.1 Å². The third-order valence-electron chi connectivity index (χ3n) is 3.72. The van der Waals surface area contributed by atoms with Crippen molar-refractivity contribution < 1.29 is 14.3 Å². The van der Waals surface area contributed by atoms with Crippen LogP contribution in [0.2, 0.25) is 0 Å². The second kappa shape index (κ2) is 5.15. The molecule has 1 aromatic carbocycles. The van der Waals surface area contributed by atoms with E-state index in [2.05, 4.69) is 10.6 Å². The number of carbonyl (C=O) groups is 2. The number of esters is 1. The minimum absolute atomic E-state index is 0.284. The summed E-state index contributed by atoms with van der Waals surface area (Å²) in [6.07, 6.45) is 0.584. The summed E-state index contributed by atoms with van der Waals surface area (Å²) >= 11 is 0. The van der Waals surface area contributed by atoms with E-state index in [0.29, 0.717) is 18.7 Å². The van der Waals surface area contributed by atoms with Crippen LogP contribution in [0.1, 0.15) is 27.2 Å². The first-order valence-electron chi connectivity index (χ1n) is 6.73. The summed E-state index contributed by atoms with van der Waals surface area (Å²) in [5.74, 6) is -0.367. The number of hydrogen-bond acceptors (Lipinski definition) is 3. The van der Waals surface area contributed by atoms with E-state index in [1.165, 1.54) is 0 Å². The van der Waals surface area contributed by atoms with Crippen LogP contribution in [0.25, 0.3) is 0 Å². The fraction of sp³-hybridized carbons (Fsp3) is 0.467. The van der Waals surface area contributed by atoms with Gasteiger partial charge in [-0.1, -0.05) is 32.0 Å². The van der Waals surface area contributed by atoms with Gasteiger partial charge in [0.1, 0.15) is 5.54 Å². The van der Waals surface area contributed by atoms with E-state index in [-0.39, 0.29) is 11.4 Å². The average Bonchev–Trinajstić information content (AvgIpc) is 2.93. The number of anilines is 1. The Balaban J connectivity index is 2.03. The Labute approximate surface area is 118 Å². The van der Waals surface area contributed by atoms with Crippen molar-refractivity contribution in [3.8, 4) is 0 Å². The van der Waals surface area contributed by atoms with Gasteiger partial charge in [-0.3, -0.25) is 0 Å². The second-order valence-electron chi connectivity index (χ2n) is 5.63. The Morgan fingerprint density at radius 2 is 1.85 bits per heavy atom. The molecule has 2 rings (SSSR count). The summed E-state index contributed by atoms with van der Waals surface area (Å²) < 4.78 is 5.07. The van der Waals surface area contributed by atoms with E-state index in [0.717, 1.165) is 0 Å². The van der Waals surface area contributed by atoms with Crippen LogP contribution in [0, 0.1) is 5.41 Å². The molecule has 0 saturated heterocycles.